The number of hydrogen-bond donors (Lipinski definition) is 0. The van der Waals surface area contributed by atoms with Crippen LogP contribution < -0.4 is 9.47 Å². The maximum atomic E-state index is 6.04. The summed E-state index contributed by atoms with van der Waals surface area (Å²) in [4.78, 5) is 0. The quantitative estimate of drug-likeness (QED) is 0.412. The highest BCUT2D eigenvalue weighted by molar-refractivity contribution is 14.1. The highest BCUT2D eigenvalue weighted by Crippen LogP contribution is 2.49. The van der Waals surface area contributed by atoms with Gasteiger partial charge in [0, 0.05) is 21.8 Å². The molecule has 2 nitrogen and oxygen atoms in total. The lowest BCUT2D eigenvalue weighted by molar-refractivity contribution is 0.359. The molecule has 6 heteroatoms. The van der Waals surface area contributed by atoms with Gasteiger partial charge in [0.2, 0.25) is 0 Å². The van der Waals surface area contributed by atoms with Gasteiger partial charge in [-0.1, -0.05) is 34.8 Å². The van der Waals surface area contributed by atoms with Crippen molar-refractivity contribution in [3.05, 3.63) is 42.9 Å². The zero-order valence-electron chi connectivity index (χ0n) is 8.64. The molecule has 0 saturated heterocycles. The van der Waals surface area contributed by atoms with Gasteiger partial charge in [-0.3, -0.25) is 0 Å². The molecule has 3 rings (SSSR count). The molecule has 0 bridgehead atoms. The molecule has 1 aliphatic heterocycles. The highest BCUT2D eigenvalue weighted by atomic mass is 127. The van der Waals surface area contributed by atoms with Crippen molar-refractivity contribution >= 4 is 57.4 Å². The third kappa shape index (κ3) is 2.13. The van der Waals surface area contributed by atoms with E-state index >= 15 is 0 Å². The SMILES string of the molecule is Clc1cc2c(cc1Cl)Oc1cc(I)c(Cl)cc1O2. The van der Waals surface area contributed by atoms with Gasteiger partial charge in [-0.05, 0) is 28.7 Å². The maximum Gasteiger partial charge on any atom is 0.171 e. The van der Waals surface area contributed by atoms with Gasteiger partial charge in [0.25, 0.3) is 0 Å². The Labute approximate surface area is 132 Å². The van der Waals surface area contributed by atoms with Gasteiger partial charge in [0.05, 0.1) is 15.1 Å². The van der Waals surface area contributed by atoms with Gasteiger partial charge < -0.3 is 9.47 Å². The number of benzene rings is 2. The summed E-state index contributed by atoms with van der Waals surface area (Å²) in [5.41, 5.74) is 0. The molecule has 18 heavy (non-hydrogen) atoms. The summed E-state index contributed by atoms with van der Waals surface area (Å²) >= 11 is 20.0. The van der Waals surface area contributed by atoms with E-state index in [-0.39, 0.29) is 0 Å². The van der Waals surface area contributed by atoms with Gasteiger partial charge in [-0.25, -0.2) is 0 Å². The first-order chi connectivity index (χ1) is 8.54. The minimum Gasteiger partial charge on any atom is -0.449 e. The molecule has 0 radical (unpaired) electrons. The molecule has 2 aromatic rings. The highest BCUT2D eigenvalue weighted by Gasteiger charge is 2.21. The zero-order valence-corrected chi connectivity index (χ0v) is 13.1. The van der Waals surface area contributed by atoms with Crippen LogP contribution in [0.25, 0.3) is 0 Å². The summed E-state index contributed by atoms with van der Waals surface area (Å²) in [5, 5.41) is 1.45. The molecule has 0 atom stereocenters. The van der Waals surface area contributed by atoms with Crippen LogP contribution in [-0.4, -0.2) is 0 Å². The Bertz CT molecular complexity index is 547. The fraction of sp³-hybridized carbons (Fsp3) is 0. The normalized spacial score (nSPS) is 12.2. The van der Waals surface area contributed by atoms with Crippen molar-refractivity contribution in [2.75, 3.05) is 0 Å². The molecular formula is C12H4Cl3IO2. The number of rotatable bonds is 0. The molecule has 0 spiro atoms. The maximum absolute atomic E-state index is 6.04. The predicted octanol–water partition coefficient (Wildman–Crippen LogP) is 6.15. The van der Waals surface area contributed by atoms with Crippen LogP contribution in [0.1, 0.15) is 0 Å². The molecule has 0 unspecified atom stereocenters. The Morgan fingerprint density at radius 1 is 0.667 bits per heavy atom. The summed E-state index contributed by atoms with van der Waals surface area (Å²) in [6.45, 7) is 0. The monoisotopic (exact) mass is 412 g/mol. The van der Waals surface area contributed by atoms with Crippen LogP contribution in [0.3, 0.4) is 0 Å². The lowest BCUT2D eigenvalue weighted by Gasteiger charge is -2.21. The van der Waals surface area contributed by atoms with E-state index < -0.39 is 0 Å². The van der Waals surface area contributed by atoms with E-state index in [1.54, 1.807) is 18.2 Å². The first kappa shape index (κ1) is 12.7. The Kier molecular flexibility index (Phi) is 3.26. The van der Waals surface area contributed by atoms with E-state index in [0.29, 0.717) is 38.1 Å². The van der Waals surface area contributed by atoms with E-state index in [4.69, 9.17) is 44.3 Å². The smallest absolute Gasteiger partial charge is 0.171 e. The summed E-state index contributed by atoms with van der Waals surface area (Å²) in [6.07, 6.45) is 0. The molecule has 2 aromatic carbocycles. The number of hydrogen-bond acceptors (Lipinski definition) is 2. The average Bonchev–Trinajstić information content (AvgIpc) is 2.31. The second-order valence-corrected chi connectivity index (χ2v) is 6.01. The largest absolute Gasteiger partial charge is 0.449 e. The fourth-order valence-electron chi connectivity index (χ4n) is 1.58. The Hall–Kier alpha value is -0.360. The Morgan fingerprint density at radius 3 is 1.56 bits per heavy atom. The van der Waals surface area contributed by atoms with Crippen molar-refractivity contribution in [3.8, 4) is 23.0 Å². The standard InChI is InChI=1S/C12H4Cl3IO2/c13-5-1-9-10(2-6(5)14)18-12-4-8(16)7(15)3-11(12)17-9/h1-4H. The lowest BCUT2D eigenvalue weighted by atomic mass is 10.2. The van der Waals surface area contributed by atoms with Gasteiger partial charge in [0.1, 0.15) is 0 Å². The third-order valence-corrected chi connectivity index (χ3v) is 4.66. The van der Waals surface area contributed by atoms with Crippen molar-refractivity contribution in [2.45, 2.75) is 0 Å². The topological polar surface area (TPSA) is 18.5 Å². The van der Waals surface area contributed by atoms with E-state index in [2.05, 4.69) is 22.6 Å². The Morgan fingerprint density at radius 2 is 1.06 bits per heavy atom. The van der Waals surface area contributed by atoms with Crippen LogP contribution in [0, 0.1) is 3.57 Å². The van der Waals surface area contributed by atoms with Crippen LogP contribution in [-0.2, 0) is 0 Å². The minimum atomic E-state index is 0.416. The van der Waals surface area contributed by atoms with Crippen molar-refractivity contribution in [2.24, 2.45) is 0 Å². The summed E-state index contributed by atoms with van der Waals surface area (Å²) in [6, 6.07) is 6.77. The summed E-state index contributed by atoms with van der Waals surface area (Å²) in [5.74, 6) is 2.23. The summed E-state index contributed by atoms with van der Waals surface area (Å²) in [7, 11) is 0. The van der Waals surface area contributed by atoms with E-state index in [1.165, 1.54) is 0 Å². The van der Waals surface area contributed by atoms with Gasteiger partial charge in [0.15, 0.2) is 23.0 Å². The van der Waals surface area contributed by atoms with Crippen LogP contribution >= 0.6 is 57.4 Å². The molecular weight excluding hydrogens is 409 g/mol. The lowest BCUT2D eigenvalue weighted by Crippen LogP contribution is -1.99. The molecule has 0 N–H and O–H groups in total. The molecule has 0 amide bonds. The van der Waals surface area contributed by atoms with E-state index in [1.807, 2.05) is 6.07 Å². The third-order valence-electron chi connectivity index (χ3n) is 2.41. The molecule has 0 saturated carbocycles. The molecule has 92 valence electrons. The molecule has 0 aromatic heterocycles. The number of fused-ring (bicyclic) bond motifs is 2. The molecule has 0 aliphatic carbocycles. The average molecular weight is 413 g/mol. The van der Waals surface area contributed by atoms with E-state index in [9.17, 15) is 0 Å². The van der Waals surface area contributed by atoms with Crippen LogP contribution in [0.15, 0.2) is 24.3 Å². The number of ether oxygens (including phenoxy) is 2. The van der Waals surface area contributed by atoms with Crippen molar-refractivity contribution < 1.29 is 9.47 Å². The predicted molar refractivity (Wildman–Crippen MR) is 80.8 cm³/mol. The van der Waals surface area contributed by atoms with Crippen LogP contribution in [0.5, 0.6) is 23.0 Å². The zero-order chi connectivity index (χ0) is 12.9. The van der Waals surface area contributed by atoms with Crippen molar-refractivity contribution in [3.63, 3.8) is 0 Å². The van der Waals surface area contributed by atoms with Crippen LogP contribution in [0.4, 0.5) is 0 Å². The first-order valence-corrected chi connectivity index (χ1v) is 7.09. The molecule has 1 aliphatic rings. The minimum absolute atomic E-state index is 0.416. The van der Waals surface area contributed by atoms with Crippen molar-refractivity contribution in [1.29, 1.82) is 0 Å². The molecule has 1 heterocycles. The second-order valence-electron chi connectivity index (χ2n) is 3.63. The van der Waals surface area contributed by atoms with Gasteiger partial charge in [-0.15, -0.1) is 0 Å². The Balaban J connectivity index is 2.12. The van der Waals surface area contributed by atoms with Crippen LogP contribution in [0.2, 0.25) is 15.1 Å². The molecule has 0 fully saturated rings. The van der Waals surface area contributed by atoms with Crippen molar-refractivity contribution in [1.82, 2.24) is 0 Å². The summed E-state index contributed by atoms with van der Waals surface area (Å²) < 4.78 is 12.3. The van der Waals surface area contributed by atoms with E-state index in [0.717, 1.165) is 3.57 Å². The van der Waals surface area contributed by atoms with Gasteiger partial charge >= 0.3 is 0 Å². The fourth-order valence-corrected chi connectivity index (χ4v) is 2.48. The van der Waals surface area contributed by atoms with Gasteiger partial charge in [-0.2, -0.15) is 0 Å². The second kappa shape index (κ2) is 4.63. The number of halogens is 4. The first-order valence-electron chi connectivity index (χ1n) is 4.88.